The number of hydrogen-bond donors (Lipinski definition) is 1. The predicted molar refractivity (Wildman–Crippen MR) is 152 cm³/mol. The highest BCUT2D eigenvalue weighted by Crippen LogP contribution is 2.20. The van der Waals surface area contributed by atoms with E-state index in [-0.39, 0.29) is 43.8 Å². The predicted octanol–water partition coefficient (Wildman–Crippen LogP) is 4.54. The lowest BCUT2D eigenvalue weighted by molar-refractivity contribution is -0.141. The molecule has 9 heteroatoms. The Morgan fingerprint density at radius 1 is 0.872 bits per heavy atom. The SMILES string of the molecule is CC(C)NC(=O)C(Cc1ccccc1)N(Cc1ccccc1)C(=O)CCCN(c1ccc(F)cc1)S(C)(=O)=O. The van der Waals surface area contributed by atoms with E-state index in [4.69, 9.17) is 0 Å². The van der Waals surface area contributed by atoms with Crippen LogP contribution >= 0.6 is 0 Å². The molecule has 0 bridgehead atoms. The second-order valence-corrected chi connectivity index (χ2v) is 11.7. The number of sulfonamides is 1. The van der Waals surface area contributed by atoms with Gasteiger partial charge in [-0.25, -0.2) is 12.8 Å². The second-order valence-electron chi connectivity index (χ2n) is 9.79. The standard InChI is InChI=1S/C30H36FN3O4S/c1-23(2)32-30(36)28(21-24-11-6-4-7-12-24)33(22-25-13-8-5-9-14-25)29(35)15-10-20-34(39(3,37)38)27-18-16-26(31)17-19-27/h4-9,11-14,16-19,23,28H,10,15,20-22H2,1-3H3,(H,32,36). The monoisotopic (exact) mass is 553 g/mol. The summed E-state index contributed by atoms with van der Waals surface area (Å²) < 4.78 is 39.5. The van der Waals surface area contributed by atoms with Crippen LogP contribution in [0.4, 0.5) is 10.1 Å². The summed E-state index contributed by atoms with van der Waals surface area (Å²) in [6.07, 6.45) is 1.66. The molecule has 0 aliphatic rings. The average molecular weight is 554 g/mol. The molecule has 3 aromatic carbocycles. The third kappa shape index (κ3) is 9.21. The normalized spacial score (nSPS) is 12.1. The molecule has 3 aromatic rings. The van der Waals surface area contributed by atoms with Crippen molar-refractivity contribution in [3.05, 3.63) is 102 Å². The summed E-state index contributed by atoms with van der Waals surface area (Å²) in [5.41, 5.74) is 2.13. The molecular weight excluding hydrogens is 517 g/mol. The quantitative estimate of drug-likeness (QED) is 0.337. The molecule has 0 aromatic heterocycles. The molecule has 0 saturated carbocycles. The third-order valence-electron chi connectivity index (χ3n) is 6.16. The summed E-state index contributed by atoms with van der Waals surface area (Å²) in [6, 6.07) is 23.3. The number of halogens is 1. The lowest BCUT2D eigenvalue weighted by atomic mass is 10.0. The highest BCUT2D eigenvalue weighted by atomic mass is 32.2. The van der Waals surface area contributed by atoms with Crippen molar-refractivity contribution in [3.8, 4) is 0 Å². The maximum atomic E-state index is 13.7. The molecule has 0 heterocycles. The van der Waals surface area contributed by atoms with Gasteiger partial charge in [-0.1, -0.05) is 60.7 Å². The Balaban J connectivity index is 1.85. The van der Waals surface area contributed by atoms with Crippen LogP contribution in [-0.2, 0) is 32.6 Å². The molecule has 0 saturated heterocycles. The lowest BCUT2D eigenvalue weighted by Crippen LogP contribution is -2.51. The zero-order chi connectivity index (χ0) is 28.4. The summed E-state index contributed by atoms with van der Waals surface area (Å²) >= 11 is 0. The molecule has 3 rings (SSSR count). The Morgan fingerprint density at radius 2 is 1.44 bits per heavy atom. The molecule has 0 radical (unpaired) electrons. The molecule has 2 amide bonds. The van der Waals surface area contributed by atoms with E-state index in [1.165, 1.54) is 24.3 Å². The molecule has 0 spiro atoms. The van der Waals surface area contributed by atoms with E-state index in [2.05, 4.69) is 5.32 Å². The number of amides is 2. The first-order valence-electron chi connectivity index (χ1n) is 13.0. The fraction of sp³-hybridized carbons (Fsp3) is 0.333. The van der Waals surface area contributed by atoms with Crippen LogP contribution in [0, 0.1) is 5.82 Å². The van der Waals surface area contributed by atoms with Crippen LogP contribution in [0.15, 0.2) is 84.9 Å². The lowest BCUT2D eigenvalue weighted by Gasteiger charge is -2.32. The number of carbonyl (C=O) groups is 2. The first-order valence-corrected chi connectivity index (χ1v) is 14.8. The number of hydrogen-bond acceptors (Lipinski definition) is 4. The van der Waals surface area contributed by atoms with E-state index < -0.39 is 21.9 Å². The van der Waals surface area contributed by atoms with Crippen molar-refractivity contribution in [2.24, 2.45) is 0 Å². The molecule has 7 nitrogen and oxygen atoms in total. The number of nitrogens with zero attached hydrogens (tertiary/aromatic N) is 2. The molecular formula is C30H36FN3O4S. The fourth-order valence-electron chi connectivity index (χ4n) is 4.33. The van der Waals surface area contributed by atoms with Crippen molar-refractivity contribution in [3.63, 3.8) is 0 Å². The summed E-state index contributed by atoms with van der Waals surface area (Å²) in [5.74, 6) is -0.975. The van der Waals surface area contributed by atoms with Crippen molar-refractivity contribution in [2.75, 3.05) is 17.1 Å². The number of rotatable bonds is 13. The van der Waals surface area contributed by atoms with Gasteiger partial charge in [0.25, 0.3) is 0 Å². The molecule has 1 atom stereocenters. The Labute approximate surface area is 230 Å². The van der Waals surface area contributed by atoms with E-state index in [9.17, 15) is 22.4 Å². The van der Waals surface area contributed by atoms with Gasteiger partial charge in [0.2, 0.25) is 21.8 Å². The van der Waals surface area contributed by atoms with Crippen LogP contribution in [0.25, 0.3) is 0 Å². The van der Waals surface area contributed by atoms with Crippen molar-refractivity contribution < 1.29 is 22.4 Å². The van der Waals surface area contributed by atoms with Crippen LogP contribution < -0.4 is 9.62 Å². The Kier molecular flexibility index (Phi) is 10.6. The van der Waals surface area contributed by atoms with Crippen LogP contribution in [0.3, 0.4) is 0 Å². The summed E-state index contributed by atoms with van der Waals surface area (Å²) in [7, 11) is -3.66. The van der Waals surface area contributed by atoms with Crippen molar-refractivity contribution >= 4 is 27.5 Å². The molecule has 208 valence electrons. The van der Waals surface area contributed by atoms with Gasteiger partial charge in [-0.3, -0.25) is 13.9 Å². The van der Waals surface area contributed by atoms with Crippen molar-refractivity contribution in [1.29, 1.82) is 0 Å². The van der Waals surface area contributed by atoms with Gasteiger partial charge in [-0.05, 0) is 55.7 Å². The zero-order valence-corrected chi connectivity index (χ0v) is 23.4. The van der Waals surface area contributed by atoms with E-state index in [0.29, 0.717) is 12.1 Å². The van der Waals surface area contributed by atoms with Gasteiger partial charge in [-0.2, -0.15) is 0 Å². The third-order valence-corrected chi connectivity index (χ3v) is 7.36. The Bertz CT molecular complexity index is 1320. The van der Waals surface area contributed by atoms with Crippen LogP contribution in [0.5, 0.6) is 0 Å². The Morgan fingerprint density at radius 3 is 1.97 bits per heavy atom. The van der Waals surface area contributed by atoms with Gasteiger partial charge in [0.05, 0.1) is 11.9 Å². The van der Waals surface area contributed by atoms with Gasteiger partial charge in [0.1, 0.15) is 11.9 Å². The van der Waals surface area contributed by atoms with Gasteiger partial charge >= 0.3 is 0 Å². The summed E-state index contributed by atoms with van der Waals surface area (Å²) in [6.45, 7) is 4.01. The summed E-state index contributed by atoms with van der Waals surface area (Å²) in [5, 5.41) is 2.95. The minimum atomic E-state index is -3.66. The average Bonchev–Trinajstić information content (AvgIpc) is 2.89. The second kappa shape index (κ2) is 13.9. The maximum Gasteiger partial charge on any atom is 0.243 e. The van der Waals surface area contributed by atoms with Crippen molar-refractivity contribution in [1.82, 2.24) is 10.2 Å². The number of carbonyl (C=O) groups excluding carboxylic acids is 2. The highest BCUT2D eigenvalue weighted by molar-refractivity contribution is 7.92. The first kappa shape index (κ1) is 29.8. The fourth-order valence-corrected chi connectivity index (χ4v) is 5.29. The number of benzene rings is 3. The van der Waals surface area contributed by atoms with Crippen LogP contribution in [-0.4, -0.2) is 50.0 Å². The van der Waals surface area contributed by atoms with Gasteiger partial charge in [0, 0.05) is 32.0 Å². The molecule has 1 N–H and O–H groups in total. The largest absolute Gasteiger partial charge is 0.352 e. The van der Waals surface area contributed by atoms with E-state index in [0.717, 1.165) is 21.7 Å². The van der Waals surface area contributed by atoms with E-state index in [1.807, 2.05) is 74.5 Å². The smallest absolute Gasteiger partial charge is 0.243 e. The molecule has 1 unspecified atom stereocenters. The summed E-state index contributed by atoms with van der Waals surface area (Å²) in [4.78, 5) is 28.7. The minimum Gasteiger partial charge on any atom is -0.352 e. The molecule has 0 fully saturated rings. The first-order chi connectivity index (χ1) is 18.5. The molecule has 39 heavy (non-hydrogen) atoms. The van der Waals surface area contributed by atoms with Crippen molar-refractivity contribution in [2.45, 2.75) is 51.7 Å². The molecule has 0 aliphatic heterocycles. The minimum absolute atomic E-state index is 0.0281. The highest BCUT2D eigenvalue weighted by Gasteiger charge is 2.30. The van der Waals surface area contributed by atoms with Crippen LogP contribution in [0.2, 0.25) is 0 Å². The Hall–Kier alpha value is -3.72. The number of anilines is 1. The van der Waals surface area contributed by atoms with Gasteiger partial charge < -0.3 is 10.2 Å². The zero-order valence-electron chi connectivity index (χ0n) is 22.6. The van der Waals surface area contributed by atoms with Gasteiger partial charge in [-0.15, -0.1) is 0 Å². The van der Waals surface area contributed by atoms with E-state index >= 15 is 0 Å². The van der Waals surface area contributed by atoms with Crippen LogP contribution in [0.1, 0.15) is 37.8 Å². The number of nitrogens with one attached hydrogen (secondary N) is 1. The van der Waals surface area contributed by atoms with E-state index in [1.54, 1.807) is 4.90 Å². The topological polar surface area (TPSA) is 86.8 Å². The maximum absolute atomic E-state index is 13.7. The molecule has 0 aliphatic carbocycles. The van der Waals surface area contributed by atoms with Gasteiger partial charge in [0.15, 0.2) is 0 Å².